The van der Waals surface area contributed by atoms with Gasteiger partial charge in [0.05, 0.1) is 9.93 Å². The number of carbonyl (C=O) groups is 2. The van der Waals surface area contributed by atoms with Gasteiger partial charge in [0.25, 0.3) is 11.1 Å². The van der Waals surface area contributed by atoms with Gasteiger partial charge in [0.2, 0.25) is 0 Å². The van der Waals surface area contributed by atoms with Gasteiger partial charge in [0.1, 0.15) is 5.65 Å². The van der Waals surface area contributed by atoms with Gasteiger partial charge < -0.3 is 0 Å². The lowest BCUT2D eigenvalue weighted by atomic mass is 10.2. The fourth-order valence-electron chi connectivity index (χ4n) is 2.95. The van der Waals surface area contributed by atoms with Crippen molar-refractivity contribution in [1.29, 1.82) is 0 Å². The number of imide groups is 1. The molecule has 0 aliphatic carbocycles. The van der Waals surface area contributed by atoms with Crippen LogP contribution in [0.4, 0.5) is 4.79 Å². The van der Waals surface area contributed by atoms with E-state index >= 15 is 0 Å². The van der Waals surface area contributed by atoms with E-state index in [1.165, 1.54) is 4.90 Å². The van der Waals surface area contributed by atoms with Crippen LogP contribution in [0.3, 0.4) is 0 Å². The summed E-state index contributed by atoms with van der Waals surface area (Å²) in [5.74, 6) is 0.831. The first-order chi connectivity index (χ1) is 13.2. The van der Waals surface area contributed by atoms with E-state index in [2.05, 4.69) is 22.4 Å². The van der Waals surface area contributed by atoms with E-state index in [0.29, 0.717) is 11.4 Å². The third-order valence-electron chi connectivity index (χ3n) is 4.43. The third-order valence-corrected chi connectivity index (χ3v) is 6.51. The quantitative estimate of drug-likeness (QED) is 0.303. The van der Waals surface area contributed by atoms with Crippen LogP contribution in [0.1, 0.15) is 45.4 Å². The Balaban J connectivity index is 1.41. The van der Waals surface area contributed by atoms with E-state index in [-0.39, 0.29) is 11.1 Å². The second kappa shape index (κ2) is 9.99. The number of rotatable bonds is 10. The Bertz CT molecular complexity index is 831. The van der Waals surface area contributed by atoms with Crippen molar-refractivity contribution in [2.75, 3.05) is 12.3 Å². The molecule has 1 aliphatic heterocycles. The Kier molecular flexibility index (Phi) is 7.41. The molecule has 5 nitrogen and oxygen atoms in total. The van der Waals surface area contributed by atoms with Crippen LogP contribution in [0.2, 0.25) is 0 Å². The van der Waals surface area contributed by atoms with Gasteiger partial charge in [-0.3, -0.25) is 18.9 Å². The number of thioether (sulfide) groups is 2. The van der Waals surface area contributed by atoms with E-state index in [9.17, 15) is 9.59 Å². The number of allylic oxidation sites excluding steroid dienone is 1. The summed E-state index contributed by atoms with van der Waals surface area (Å²) in [5.41, 5.74) is 0.948. The zero-order valence-corrected chi connectivity index (χ0v) is 17.2. The first kappa shape index (κ1) is 20.0. The minimum absolute atomic E-state index is 0.114. The highest BCUT2D eigenvalue weighted by Gasteiger charge is 2.34. The van der Waals surface area contributed by atoms with Gasteiger partial charge in [-0.05, 0) is 55.3 Å². The molecule has 1 aliphatic rings. The molecule has 0 spiro atoms. The standard InChI is InChI=1S/C20H25N3O2S2/c1-2-3-4-5-9-16-19(24)23(20(25)27-16)13-6-7-15-26-18-11-8-10-17-21-12-14-22(17)18/h8-12,14H,2-7,13,15H2,1H3/b16-9+. The van der Waals surface area contributed by atoms with E-state index in [4.69, 9.17) is 0 Å². The molecule has 0 bridgehead atoms. The molecule has 2 aromatic heterocycles. The van der Waals surface area contributed by atoms with Crippen molar-refractivity contribution in [3.8, 4) is 0 Å². The van der Waals surface area contributed by atoms with Crippen molar-refractivity contribution in [1.82, 2.24) is 14.3 Å². The second-order valence-electron chi connectivity index (χ2n) is 6.46. The minimum Gasteiger partial charge on any atom is -0.294 e. The Morgan fingerprint density at radius 2 is 2.07 bits per heavy atom. The number of imidazole rings is 1. The lowest BCUT2D eigenvalue weighted by molar-refractivity contribution is -0.122. The summed E-state index contributed by atoms with van der Waals surface area (Å²) in [6.07, 6.45) is 11.7. The van der Waals surface area contributed by atoms with Crippen LogP contribution in [0.15, 0.2) is 46.6 Å². The number of fused-ring (bicyclic) bond motifs is 1. The molecule has 0 saturated carbocycles. The van der Waals surface area contributed by atoms with Gasteiger partial charge in [-0.1, -0.05) is 31.9 Å². The van der Waals surface area contributed by atoms with Gasteiger partial charge >= 0.3 is 0 Å². The molecular weight excluding hydrogens is 378 g/mol. The first-order valence-electron chi connectivity index (χ1n) is 9.49. The summed E-state index contributed by atoms with van der Waals surface area (Å²) in [5, 5.41) is 1.03. The Morgan fingerprint density at radius 1 is 1.19 bits per heavy atom. The van der Waals surface area contributed by atoms with Crippen molar-refractivity contribution >= 4 is 40.3 Å². The van der Waals surface area contributed by atoms with Crippen molar-refractivity contribution in [2.24, 2.45) is 0 Å². The number of unbranched alkanes of at least 4 members (excludes halogenated alkanes) is 4. The van der Waals surface area contributed by atoms with E-state index in [1.807, 2.05) is 24.4 Å². The van der Waals surface area contributed by atoms with Crippen LogP contribution >= 0.6 is 23.5 Å². The maximum atomic E-state index is 12.4. The molecular formula is C20H25N3O2S2. The predicted octanol–water partition coefficient (Wildman–Crippen LogP) is 5.37. The van der Waals surface area contributed by atoms with E-state index in [1.54, 1.807) is 18.0 Å². The van der Waals surface area contributed by atoms with E-state index < -0.39 is 0 Å². The highest BCUT2D eigenvalue weighted by Crippen LogP contribution is 2.31. The number of pyridine rings is 1. The Hall–Kier alpha value is -1.73. The number of hydrogen-bond acceptors (Lipinski definition) is 5. The van der Waals surface area contributed by atoms with Crippen molar-refractivity contribution < 1.29 is 9.59 Å². The number of aromatic nitrogens is 2. The normalized spacial score (nSPS) is 16.2. The highest BCUT2D eigenvalue weighted by atomic mass is 32.2. The molecule has 0 unspecified atom stereocenters. The molecule has 2 aromatic rings. The molecule has 1 fully saturated rings. The summed E-state index contributed by atoms with van der Waals surface area (Å²) in [7, 11) is 0. The van der Waals surface area contributed by atoms with Gasteiger partial charge in [0.15, 0.2) is 0 Å². The summed E-state index contributed by atoms with van der Waals surface area (Å²) < 4.78 is 2.07. The Morgan fingerprint density at radius 3 is 2.93 bits per heavy atom. The molecule has 0 atom stereocenters. The molecule has 0 radical (unpaired) electrons. The van der Waals surface area contributed by atoms with E-state index in [0.717, 1.165) is 66.7 Å². The van der Waals surface area contributed by atoms with Crippen molar-refractivity contribution in [3.63, 3.8) is 0 Å². The van der Waals surface area contributed by atoms with Crippen LogP contribution in [0, 0.1) is 0 Å². The third kappa shape index (κ3) is 5.17. The molecule has 7 heteroatoms. The van der Waals surface area contributed by atoms with Crippen LogP contribution in [-0.4, -0.2) is 37.7 Å². The lowest BCUT2D eigenvalue weighted by Gasteiger charge is -2.12. The van der Waals surface area contributed by atoms with Crippen LogP contribution in [-0.2, 0) is 4.79 Å². The zero-order valence-electron chi connectivity index (χ0n) is 15.6. The molecule has 2 amide bonds. The average Bonchev–Trinajstić information content (AvgIpc) is 3.25. The summed E-state index contributed by atoms with van der Waals surface area (Å²) >= 11 is 2.86. The molecule has 3 rings (SSSR count). The smallest absolute Gasteiger partial charge is 0.293 e. The maximum Gasteiger partial charge on any atom is 0.293 e. The second-order valence-corrected chi connectivity index (χ2v) is 8.57. The molecule has 3 heterocycles. The molecule has 0 aromatic carbocycles. The fourth-order valence-corrected chi connectivity index (χ4v) is 4.84. The van der Waals surface area contributed by atoms with Crippen LogP contribution in [0.25, 0.3) is 5.65 Å². The largest absolute Gasteiger partial charge is 0.294 e. The molecule has 27 heavy (non-hydrogen) atoms. The van der Waals surface area contributed by atoms with Crippen LogP contribution < -0.4 is 0 Å². The van der Waals surface area contributed by atoms with Gasteiger partial charge in [-0.15, -0.1) is 11.8 Å². The Labute approximate surface area is 168 Å². The van der Waals surface area contributed by atoms with Gasteiger partial charge in [0, 0.05) is 18.9 Å². The van der Waals surface area contributed by atoms with Gasteiger partial charge in [-0.2, -0.15) is 0 Å². The summed E-state index contributed by atoms with van der Waals surface area (Å²) in [4.78, 5) is 30.8. The van der Waals surface area contributed by atoms with Crippen molar-refractivity contribution in [2.45, 2.75) is 50.5 Å². The molecule has 0 N–H and O–H groups in total. The number of carbonyl (C=O) groups excluding carboxylic acids is 2. The number of hydrogen-bond donors (Lipinski definition) is 0. The summed E-state index contributed by atoms with van der Waals surface area (Å²) in [6.45, 7) is 2.66. The van der Waals surface area contributed by atoms with Crippen LogP contribution in [0.5, 0.6) is 0 Å². The number of amides is 2. The molecule has 1 saturated heterocycles. The zero-order chi connectivity index (χ0) is 19.1. The fraction of sp³-hybridized carbons (Fsp3) is 0.450. The van der Waals surface area contributed by atoms with Crippen molar-refractivity contribution in [3.05, 3.63) is 41.6 Å². The topological polar surface area (TPSA) is 54.7 Å². The maximum absolute atomic E-state index is 12.4. The minimum atomic E-state index is -0.127. The predicted molar refractivity (Wildman–Crippen MR) is 112 cm³/mol. The number of nitrogens with zero attached hydrogens (tertiary/aromatic N) is 3. The molecule has 144 valence electrons. The average molecular weight is 404 g/mol. The van der Waals surface area contributed by atoms with Gasteiger partial charge in [-0.25, -0.2) is 4.98 Å². The SMILES string of the molecule is CCCCC/C=C1/SC(=O)N(CCCCSc2cccc3nccn23)C1=O. The first-order valence-corrected chi connectivity index (χ1v) is 11.3. The summed E-state index contributed by atoms with van der Waals surface area (Å²) in [6, 6.07) is 6.08. The monoisotopic (exact) mass is 403 g/mol. The lowest BCUT2D eigenvalue weighted by Crippen LogP contribution is -2.29. The highest BCUT2D eigenvalue weighted by molar-refractivity contribution is 8.18.